The summed E-state index contributed by atoms with van der Waals surface area (Å²) in [6.45, 7) is 1.29. The summed E-state index contributed by atoms with van der Waals surface area (Å²) in [6, 6.07) is 8.15. The first-order valence-corrected chi connectivity index (χ1v) is 6.55. The zero-order valence-corrected chi connectivity index (χ0v) is 11.6. The molecule has 0 radical (unpaired) electrons. The Morgan fingerprint density at radius 2 is 1.89 bits per heavy atom. The number of nitrogens with zero attached hydrogens (tertiary/aromatic N) is 6. The SMILES string of the molecule is Brc1ccc(Cn2cc(Cn3cncn3)nn2)cc1. The van der Waals surface area contributed by atoms with E-state index in [9.17, 15) is 0 Å². The van der Waals surface area contributed by atoms with Crippen LogP contribution >= 0.6 is 15.9 Å². The molecule has 0 atom stereocenters. The van der Waals surface area contributed by atoms with Gasteiger partial charge in [-0.1, -0.05) is 33.3 Å². The van der Waals surface area contributed by atoms with Crippen molar-refractivity contribution >= 4 is 15.9 Å². The molecule has 0 N–H and O–H groups in total. The Labute approximate surface area is 118 Å². The van der Waals surface area contributed by atoms with E-state index in [1.165, 1.54) is 11.9 Å². The predicted molar refractivity (Wildman–Crippen MR) is 72.4 cm³/mol. The standard InChI is InChI=1S/C12H11BrN6/c13-11-3-1-10(2-4-11)5-18-6-12(16-17-18)7-19-9-14-8-15-19/h1-4,6,8-9H,5,7H2. The maximum Gasteiger partial charge on any atom is 0.137 e. The fourth-order valence-electron chi connectivity index (χ4n) is 1.75. The summed E-state index contributed by atoms with van der Waals surface area (Å²) in [5.41, 5.74) is 2.04. The molecule has 0 aliphatic rings. The lowest BCUT2D eigenvalue weighted by Gasteiger charge is -2.00. The number of rotatable bonds is 4. The van der Waals surface area contributed by atoms with Crippen molar-refractivity contribution in [2.24, 2.45) is 0 Å². The Morgan fingerprint density at radius 1 is 1.05 bits per heavy atom. The van der Waals surface area contributed by atoms with Gasteiger partial charge in [-0.15, -0.1) is 5.10 Å². The maximum absolute atomic E-state index is 4.12. The molecule has 6 nitrogen and oxygen atoms in total. The maximum atomic E-state index is 4.12. The van der Waals surface area contributed by atoms with Crippen LogP contribution in [0.2, 0.25) is 0 Å². The highest BCUT2D eigenvalue weighted by molar-refractivity contribution is 9.10. The largest absolute Gasteiger partial charge is 0.248 e. The van der Waals surface area contributed by atoms with Gasteiger partial charge in [-0.3, -0.25) is 0 Å². The molecule has 0 saturated carbocycles. The molecule has 0 unspecified atom stereocenters. The summed E-state index contributed by atoms with van der Waals surface area (Å²) in [7, 11) is 0. The van der Waals surface area contributed by atoms with Crippen LogP contribution in [0.5, 0.6) is 0 Å². The van der Waals surface area contributed by atoms with E-state index in [-0.39, 0.29) is 0 Å². The molecule has 0 saturated heterocycles. The topological polar surface area (TPSA) is 61.4 Å². The Morgan fingerprint density at radius 3 is 2.63 bits per heavy atom. The molecule has 0 aliphatic heterocycles. The van der Waals surface area contributed by atoms with Crippen molar-refractivity contribution in [1.82, 2.24) is 29.8 Å². The molecule has 0 aliphatic carbocycles. The average Bonchev–Trinajstić information content (AvgIpc) is 3.05. The van der Waals surface area contributed by atoms with E-state index < -0.39 is 0 Å². The highest BCUT2D eigenvalue weighted by atomic mass is 79.9. The molecule has 1 aromatic carbocycles. The van der Waals surface area contributed by atoms with Gasteiger partial charge < -0.3 is 0 Å². The van der Waals surface area contributed by atoms with Gasteiger partial charge in [-0.2, -0.15) is 5.10 Å². The number of benzene rings is 1. The molecular weight excluding hydrogens is 308 g/mol. The first-order chi connectivity index (χ1) is 9.29. The van der Waals surface area contributed by atoms with Crippen LogP contribution < -0.4 is 0 Å². The number of halogens is 1. The summed E-state index contributed by atoms with van der Waals surface area (Å²) in [5, 5.41) is 12.3. The third-order valence-corrected chi connectivity index (χ3v) is 3.16. The number of hydrogen-bond donors (Lipinski definition) is 0. The van der Waals surface area contributed by atoms with Crippen molar-refractivity contribution in [3.05, 3.63) is 58.8 Å². The van der Waals surface area contributed by atoms with Crippen molar-refractivity contribution in [2.45, 2.75) is 13.1 Å². The van der Waals surface area contributed by atoms with Crippen LogP contribution in [-0.2, 0) is 13.1 Å². The fourth-order valence-corrected chi connectivity index (χ4v) is 2.01. The Hall–Kier alpha value is -2.02. The van der Waals surface area contributed by atoms with E-state index in [0.717, 1.165) is 10.2 Å². The molecule has 96 valence electrons. The minimum atomic E-state index is 0.584. The molecule has 3 aromatic rings. The van der Waals surface area contributed by atoms with Gasteiger partial charge in [0.1, 0.15) is 18.3 Å². The first-order valence-electron chi connectivity index (χ1n) is 5.75. The lowest BCUT2D eigenvalue weighted by molar-refractivity contribution is 0.645. The highest BCUT2D eigenvalue weighted by Gasteiger charge is 2.03. The third-order valence-electron chi connectivity index (χ3n) is 2.63. The fraction of sp³-hybridized carbons (Fsp3) is 0.167. The van der Waals surface area contributed by atoms with Gasteiger partial charge >= 0.3 is 0 Å². The predicted octanol–water partition coefficient (Wildman–Crippen LogP) is 1.73. The monoisotopic (exact) mass is 318 g/mol. The second-order valence-electron chi connectivity index (χ2n) is 4.13. The molecule has 2 aromatic heterocycles. The summed E-state index contributed by atoms with van der Waals surface area (Å²) in [5.74, 6) is 0. The van der Waals surface area contributed by atoms with Gasteiger partial charge in [-0.25, -0.2) is 14.3 Å². The summed E-state index contributed by atoms with van der Waals surface area (Å²) >= 11 is 3.42. The van der Waals surface area contributed by atoms with E-state index in [1.807, 2.05) is 23.0 Å². The van der Waals surface area contributed by atoms with E-state index >= 15 is 0 Å². The van der Waals surface area contributed by atoms with Crippen molar-refractivity contribution in [3.8, 4) is 0 Å². The van der Waals surface area contributed by atoms with Gasteiger partial charge in [0.15, 0.2) is 0 Å². The first kappa shape index (κ1) is 12.0. The lowest BCUT2D eigenvalue weighted by Crippen LogP contribution is -2.01. The molecule has 19 heavy (non-hydrogen) atoms. The van der Waals surface area contributed by atoms with Gasteiger partial charge in [0, 0.05) is 4.47 Å². The minimum absolute atomic E-state index is 0.584. The quantitative estimate of drug-likeness (QED) is 0.735. The second-order valence-corrected chi connectivity index (χ2v) is 5.04. The summed E-state index contributed by atoms with van der Waals surface area (Å²) < 4.78 is 4.60. The van der Waals surface area contributed by atoms with Crippen LogP contribution in [0.4, 0.5) is 0 Å². The summed E-state index contributed by atoms with van der Waals surface area (Å²) in [4.78, 5) is 3.89. The normalized spacial score (nSPS) is 10.8. The van der Waals surface area contributed by atoms with Gasteiger partial charge in [-0.05, 0) is 17.7 Å². The zero-order valence-electron chi connectivity index (χ0n) is 10.0. The van der Waals surface area contributed by atoms with Crippen molar-refractivity contribution in [2.75, 3.05) is 0 Å². The van der Waals surface area contributed by atoms with Crippen LogP contribution in [0.15, 0.2) is 47.6 Å². The van der Waals surface area contributed by atoms with Crippen molar-refractivity contribution in [3.63, 3.8) is 0 Å². The van der Waals surface area contributed by atoms with E-state index in [0.29, 0.717) is 13.1 Å². The Bertz CT molecular complexity index is 643. The van der Waals surface area contributed by atoms with Crippen LogP contribution in [-0.4, -0.2) is 29.8 Å². The summed E-state index contributed by atoms with van der Waals surface area (Å²) in [6.07, 6.45) is 5.09. The van der Waals surface area contributed by atoms with Gasteiger partial charge in [0.05, 0.1) is 19.3 Å². The molecule has 0 amide bonds. The van der Waals surface area contributed by atoms with E-state index in [2.05, 4.69) is 48.5 Å². The molecule has 3 rings (SSSR count). The van der Waals surface area contributed by atoms with Crippen LogP contribution in [0.3, 0.4) is 0 Å². The number of hydrogen-bond acceptors (Lipinski definition) is 4. The lowest BCUT2D eigenvalue weighted by atomic mass is 10.2. The molecule has 2 heterocycles. The van der Waals surface area contributed by atoms with Gasteiger partial charge in [0.2, 0.25) is 0 Å². The molecule has 0 fully saturated rings. The smallest absolute Gasteiger partial charge is 0.137 e. The highest BCUT2D eigenvalue weighted by Crippen LogP contribution is 2.11. The average molecular weight is 319 g/mol. The molecule has 0 bridgehead atoms. The van der Waals surface area contributed by atoms with Crippen LogP contribution in [0.1, 0.15) is 11.3 Å². The van der Waals surface area contributed by atoms with E-state index in [4.69, 9.17) is 0 Å². The van der Waals surface area contributed by atoms with Gasteiger partial charge in [0.25, 0.3) is 0 Å². The molecule has 0 spiro atoms. The van der Waals surface area contributed by atoms with Crippen molar-refractivity contribution < 1.29 is 0 Å². The molecule has 7 heteroatoms. The van der Waals surface area contributed by atoms with E-state index in [1.54, 1.807) is 11.0 Å². The minimum Gasteiger partial charge on any atom is -0.248 e. The van der Waals surface area contributed by atoms with Crippen LogP contribution in [0, 0.1) is 0 Å². The van der Waals surface area contributed by atoms with Crippen molar-refractivity contribution in [1.29, 1.82) is 0 Å². The Kier molecular flexibility index (Phi) is 3.37. The zero-order chi connectivity index (χ0) is 13.1. The Balaban J connectivity index is 1.69. The van der Waals surface area contributed by atoms with Crippen LogP contribution in [0.25, 0.3) is 0 Å². The number of aromatic nitrogens is 6. The second kappa shape index (κ2) is 5.31. The molecular formula is C12H11BrN6. The third kappa shape index (κ3) is 3.05.